The molecule has 5 aromatic carbocycles. The molecule has 0 aliphatic heterocycles. The Hall–Kier alpha value is -4.89. The molecule has 0 heterocycles. The largest absolute Gasteiger partial charge is 0.427 e. The summed E-state index contributed by atoms with van der Waals surface area (Å²) in [5.74, 6) is 0.316. The maximum atomic E-state index is 11.7. The molecule has 0 N–H and O–H groups in total. The van der Waals surface area contributed by atoms with Crippen molar-refractivity contribution in [3.63, 3.8) is 0 Å². The molecule has 198 valence electrons. The van der Waals surface area contributed by atoms with Crippen LogP contribution in [0.1, 0.15) is 41.2 Å². The van der Waals surface area contributed by atoms with Crippen molar-refractivity contribution in [2.24, 2.45) is 0 Å². The lowest BCUT2D eigenvalue weighted by atomic mass is 9.95. The van der Waals surface area contributed by atoms with Crippen LogP contribution < -0.4 is 9.64 Å². The minimum Gasteiger partial charge on any atom is -0.427 e. The molecular formula is C37H33NO2. The van der Waals surface area contributed by atoms with Gasteiger partial charge in [-0.15, -0.1) is 0 Å². The monoisotopic (exact) mass is 523 g/mol. The van der Waals surface area contributed by atoms with Crippen LogP contribution >= 0.6 is 0 Å². The summed E-state index contributed by atoms with van der Waals surface area (Å²) in [6, 6.07) is 43.9. The van der Waals surface area contributed by atoms with Crippen LogP contribution in [0.3, 0.4) is 0 Å². The van der Waals surface area contributed by atoms with Crippen LogP contribution in [0.15, 0.2) is 127 Å². The van der Waals surface area contributed by atoms with E-state index in [4.69, 9.17) is 4.74 Å². The molecule has 3 heteroatoms. The Labute approximate surface area is 237 Å². The molecule has 0 radical (unpaired) electrons. The molecule has 0 unspecified atom stereocenters. The van der Waals surface area contributed by atoms with Crippen LogP contribution in [0.2, 0.25) is 0 Å². The highest BCUT2D eigenvalue weighted by Crippen LogP contribution is 2.35. The van der Waals surface area contributed by atoms with Crippen molar-refractivity contribution < 1.29 is 9.53 Å². The number of rotatable bonds is 8. The highest BCUT2D eigenvalue weighted by atomic mass is 16.5. The second-order valence-corrected chi connectivity index (χ2v) is 9.87. The summed E-state index contributed by atoms with van der Waals surface area (Å²) in [6.45, 7) is 6.01. The molecule has 5 aromatic rings. The van der Waals surface area contributed by atoms with Gasteiger partial charge in [-0.3, -0.25) is 4.79 Å². The minimum absolute atomic E-state index is 0.239. The van der Waals surface area contributed by atoms with E-state index in [0.29, 0.717) is 12.2 Å². The summed E-state index contributed by atoms with van der Waals surface area (Å²) < 4.78 is 5.38. The Balaban J connectivity index is 1.51. The molecule has 0 aromatic heterocycles. The Morgan fingerprint density at radius 2 is 1.10 bits per heavy atom. The highest BCUT2D eigenvalue weighted by molar-refractivity contribution is 5.92. The number of nitrogens with zero attached hydrogens (tertiary/aromatic N) is 1. The average molecular weight is 524 g/mol. The first kappa shape index (κ1) is 26.7. The summed E-state index contributed by atoms with van der Waals surface area (Å²) in [5, 5.41) is 0. The van der Waals surface area contributed by atoms with E-state index in [1.807, 2.05) is 42.5 Å². The Morgan fingerprint density at radius 1 is 0.625 bits per heavy atom. The number of carbonyl (C=O) groups is 1. The predicted octanol–water partition coefficient (Wildman–Crippen LogP) is 9.68. The number of carbonyl (C=O) groups excluding carboxylic acids is 1. The van der Waals surface area contributed by atoms with Crippen LogP contribution in [-0.4, -0.2) is 5.97 Å². The predicted molar refractivity (Wildman–Crippen MR) is 166 cm³/mol. The van der Waals surface area contributed by atoms with E-state index in [-0.39, 0.29) is 5.97 Å². The lowest BCUT2D eigenvalue weighted by Crippen LogP contribution is -2.09. The highest BCUT2D eigenvalue weighted by Gasteiger charge is 2.13. The number of anilines is 3. The van der Waals surface area contributed by atoms with Gasteiger partial charge in [-0.2, -0.15) is 0 Å². The van der Waals surface area contributed by atoms with E-state index in [1.54, 1.807) is 6.92 Å². The third-order valence-corrected chi connectivity index (χ3v) is 6.82. The second kappa shape index (κ2) is 12.3. The summed E-state index contributed by atoms with van der Waals surface area (Å²) >= 11 is 0. The third-order valence-electron chi connectivity index (χ3n) is 6.82. The van der Waals surface area contributed by atoms with Crippen LogP contribution in [0.25, 0.3) is 11.6 Å². The van der Waals surface area contributed by atoms with Gasteiger partial charge in [-0.1, -0.05) is 96.9 Å². The first-order valence-electron chi connectivity index (χ1n) is 13.6. The summed E-state index contributed by atoms with van der Waals surface area (Å²) in [5.41, 5.74) is 10.1. The van der Waals surface area contributed by atoms with Gasteiger partial charge in [0.25, 0.3) is 0 Å². The molecule has 0 aliphatic carbocycles. The van der Waals surface area contributed by atoms with E-state index >= 15 is 0 Å². The first-order chi connectivity index (χ1) is 19.5. The zero-order valence-electron chi connectivity index (χ0n) is 23.2. The van der Waals surface area contributed by atoms with Crippen molar-refractivity contribution in [3.8, 4) is 5.75 Å². The zero-order valence-corrected chi connectivity index (χ0v) is 23.2. The lowest BCUT2D eigenvalue weighted by molar-refractivity contribution is -0.134. The Morgan fingerprint density at radius 3 is 1.60 bits per heavy atom. The molecule has 0 amide bonds. The van der Waals surface area contributed by atoms with E-state index in [1.165, 1.54) is 11.1 Å². The topological polar surface area (TPSA) is 29.5 Å². The van der Waals surface area contributed by atoms with Crippen molar-refractivity contribution >= 4 is 34.7 Å². The van der Waals surface area contributed by atoms with Gasteiger partial charge in [0.1, 0.15) is 5.75 Å². The van der Waals surface area contributed by atoms with Gasteiger partial charge in [-0.05, 0) is 90.7 Å². The summed E-state index contributed by atoms with van der Waals surface area (Å²) in [6.07, 6.45) is 2.55. The van der Waals surface area contributed by atoms with Crippen molar-refractivity contribution in [2.45, 2.75) is 27.2 Å². The molecule has 3 nitrogen and oxygen atoms in total. The number of benzene rings is 5. The normalized spacial score (nSPS) is 11.2. The van der Waals surface area contributed by atoms with Gasteiger partial charge in [0.15, 0.2) is 0 Å². The molecule has 0 aliphatic rings. The molecule has 0 atom stereocenters. The third kappa shape index (κ3) is 6.39. The molecular weight excluding hydrogens is 490 g/mol. The number of hydrogen-bond donors (Lipinski definition) is 0. The maximum absolute atomic E-state index is 11.7. The van der Waals surface area contributed by atoms with E-state index < -0.39 is 0 Å². The number of aryl methyl sites for hydroxylation is 2. The fourth-order valence-corrected chi connectivity index (χ4v) is 4.58. The zero-order chi connectivity index (χ0) is 27.9. The maximum Gasteiger partial charge on any atom is 0.310 e. The Bertz CT molecular complexity index is 1540. The minimum atomic E-state index is -0.239. The van der Waals surface area contributed by atoms with Gasteiger partial charge >= 0.3 is 5.97 Å². The quantitative estimate of drug-likeness (QED) is 0.115. The smallest absolute Gasteiger partial charge is 0.310 e. The van der Waals surface area contributed by atoms with Crippen LogP contribution in [0.5, 0.6) is 5.75 Å². The van der Waals surface area contributed by atoms with Crippen LogP contribution in [0.4, 0.5) is 17.1 Å². The van der Waals surface area contributed by atoms with Gasteiger partial charge in [0.05, 0.1) is 0 Å². The second-order valence-electron chi connectivity index (χ2n) is 9.87. The van der Waals surface area contributed by atoms with Crippen molar-refractivity contribution in [2.75, 3.05) is 4.90 Å². The number of ether oxygens (including phenoxy) is 1. The van der Waals surface area contributed by atoms with Crippen molar-refractivity contribution in [3.05, 3.63) is 155 Å². The first-order valence-corrected chi connectivity index (χ1v) is 13.6. The number of hydrogen-bond acceptors (Lipinski definition) is 3. The average Bonchev–Trinajstić information content (AvgIpc) is 2.99. The van der Waals surface area contributed by atoms with E-state index in [0.717, 1.165) is 39.3 Å². The van der Waals surface area contributed by atoms with Crippen molar-refractivity contribution in [1.82, 2.24) is 0 Å². The fraction of sp³-hybridized carbons (Fsp3) is 0.108. The Kier molecular flexibility index (Phi) is 8.22. The molecule has 40 heavy (non-hydrogen) atoms. The van der Waals surface area contributed by atoms with Gasteiger partial charge in [0, 0.05) is 23.5 Å². The number of esters is 1. The fourth-order valence-electron chi connectivity index (χ4n) is 4.58. The molecule has 0 saturated carbocycles. The summed E-state index contributed by atoms with van der Waals surface area (Å²) in [4.78, 5) is 14.0. The van der Waals surface area contributed by atoms with Gasteiger partial charge in [0.2, 0.25) is 0 Å². The summed E-state index contributed by atoms with van der Waals surface area (Å²) in [7, 11) is 0. The van der Waals surface area contributed by atoms with E-state index in [2.05, 4.69) is 110 Å². The van der Waals surface area contributed by atoms with Crippen LogP contribution in [0, 0.1) is 13.8 Å². The van der Waals surface area contributed by atoms with Gasteiger partial charge < -0.3 is 9.64 Å². The molecule has 0 spiro atoms. The van der Waals surface area contributed by atoms with Gasteiger partial charge in [-0.25, -0.2) is 0 Å². The standard InChI is InChI=1S/C37H33NO2/c1-4-37(39)40-35-24-16-31(17-25-35)36(30-8-6-5-7-9-30)26-29-14-22-34(23-15-29)38(32-18-10-27(2)11-19-32)33-20-12-28(3)13-21-33/h5-26H,4H2,1-3H3. The molecule has 0 fully saturated rings. The van der Waals surface area contributed by atoms with E-state index in [9.17, 15) is 4.79 Å². The molecule has 0 bridgehead atoms. The SMILES string of the molecule is CCC(=O)Oc1ccc(C(=Cc2ccc(N(c3ccc(C)cc3)c3ccc(C)cc3)cc2)c2ccccc2)cc1. The lowest BCUT2D eigenvalue weighted by Gasteiger charge is -2.26. The molecule has 0 saturated heterocycles. The van der Waals surface area contributed by atoms with Crippen molar-refractivity contribution in [1.29, 1.82) is 0 Å². The molecule has 5 rings (SSSR count). The van der Waals surface area contributed by atoms with Crippen LogP contribution in [-0.2, 0) is 4.79 Å².